The van der Waals surface area contributed by atoms with Crippen molar-refractivity contribution < 1.29 is 4.39 Å². The number of nitrogens with zero attached hydrogens (tertiary/aromatic N) is 1. The van der Waals surface area contributed by atoms with E-state index in [2.05, 4.69) is 27.8 Å². The SMILES string of the molecule is CCCN(CC1CC1)c1ccc(F)cc1CBr. The molecule has 1 nitrogen and oxygen atoms in total. The summed E-state index contributed by atoms with van der Waals surface area (Å²) >= 11 is 3.45. The number of hydrogen-bond donors (Lipinski definition) is 0. The number of benzene rings is 1. The second-order valence-corrected chi connectivity index (χ2v) is 5.36. The molecule has 0 amide bonds. The molecule has 0 aliphatic heterocycles. The van der Waals surface area contributed by atoms with Crippen molar-refractivity contribution in [2.24, 2.45) is 5.92 Å². The van der Waals surface area contributed by atoms with Gasteiger partial charge in [-0.1, -0.05) is 22.9 Å². The van der Waals surface area contributed by atoms with Gasteiger partial charge in [-0.05, 0) is 48.9 Å². The first kappa shape index (κ1) is 12.9. The highest BCUT2D eigenvalue weighted by molar-refractivity contribution is 9.08. The van der Waals surface area contributed by atoms with E-state index in [4.69, 9.17) is 0 Å². The first-order chi connectivity index (χ1) is 8.24. The second-order valence-electron chi connectivity index (χ2n) is 4.80. The number of anilines is 1. The molecule has 1 aliphatic carbocycles. The Morgan fingerprint density at radius 3 is 2.76 bits per heavy atom. The van der Waals surface area contributed by atoms with Gasteiger partial charge < -0.3 is 4.90 Å². The summed E-state index contributed by atoms with van der Waals surface area (Å²) in [5.41, 5.74) is 2.25. The van der Waals surface area contributed by atoms with Crippen LogP contribution in [-0.2, 0) is 5.33 Å². The van der Waals surface area contributed by atoms with Gasteiger partial charge in [0.05, 0.1) is 0 Å². The summed E-state index contributed by atoms with van der Waals surface area (Å²) < 4.78 is 13.2. The highest BCUT2D eigenvalue weighted by Gasteiger charge is 2.25. The molecular formula is C14H19BrFN. The van der Waals surface area contributed by atoms with E-state index in [0.717, 1.165) is 31.0 Å². The van der Waals surface area contributed by atoms with E-state index in [1.165, 1.54) is 18.5 Å². The van der Waals surface area contributed by atoms with Crippen molar-refractivity contribution in [3.8, 4) is 0 Å². The summed E-state index contributed by atoms with van der Waals surface area (Å²) in [6.45, 7) is 4.37. The number of hydrogen-bond acceptors (Lipinski definition) is 1. The van der Waals surface area contributed by atoms with E-state index >= 15 is 0 Å². The molecule has 1 aromatic carbocycles. The lowest BCUT2D eigenvalue weighted by Gasteiger charge is -2.26. The van der Waals surface area contributed by atoms with Crippen molar-refractivity contribution in [3.63, 3.8) is 0 Å². The predicted molar refractivity (Wildman–Crippen MR) is 74.3 cm³/mol. The maximum absolute atomic E-state index is 13.2. The molecule has 0 heterocycles. The van der Waals surface area contributed by atoms with Crippen LogP contribution in [-0.4, -0.2) is 13.1 Å². The van der Waals surface area contributed by atoms with E-state index < -0.39 is 0 Å². The van der Waals surface area contributed by atoms with Crippen molar-refractivity contribution in [1.29, 1.82) is 0 Å². The van der Waals surface area contributed by atoms with Gasteiger partial charge in [-0.25, -0.2) is 4.39 Å². The van der Waals surface area contributed by atoms with Gasteiger partial charge in [0.2, 0.25) is 0 Å². The van der Waals surface area contributed by atoms with E-state index in [1.54, 1.807) is 12.1 Å². The van der Waals surface area contributed by atoms with Crippen molar-refractivity contribution in [2.75, 3.05) is 18.0 Å². The summed E-state index contributed by atoms with van der Waals surface area (Å²) in [4.78, 5) is 2.41. The first-order valence-corrected chi connectivity index (χ1v) is 7.46. The minimum Gasteiger partial charge on any atom is -0.371 e. The van der Waals surface area contributed by atoms with Crippen molar-refractivity contribution in [3.05, 3.63) is 29.6 Å². The molecule has 1 aromatic rings. The Bertz CT molecular complexity index is 376. The van der Waals surface area contributed by atoms with Gasteiger partial charge >= 0.3 is 0 Å². The van der Waals surface area contributed by atoms with Gasteiger partial charge in [0.1, 0.15) is 5.82 Å². The van der Waals surface area contributed by atoms with Crippen LogP contribution in [0.3, 0.4) is 0 Å². The second kappa shape index (κ2) is 5.85. The highest BCUT2D eigenvalue weighted by Crippen LogP contribution is 2.33. The summed E-state index contributed by atoms with van der Waals surface area (Å²) in [5, 5.41) is 0.713. The Hall–Kier alpha value is -0.570. The Balaban J connectivity index is 2.20. The molecule has 0 N–H and O–H groups in total. The Labute approximate surface area is 111 Å². The lowest BCUT2D eigenvalue weighted by Crippen LogP contribution is -2.27. The molecule has 0 spiro atoms. The average molecular weight is 300 g/mol. The van der Waals surface area contributed by atoms with Crippen LogP contribution in [0.2, 0.25) is 0 Å². The maximum atomic E-state index is 13.2. The molecule has 0 atom stereocenters. The third kappa shape index (κ3) is 3.44. The third-order valence-corrected chi connectivity index (χ3v) is 3.80. The van der Waals surface area contributed by atoms with Crippen LogP contribution in [0.25, 0.3) is 0 Å². The smallest absolute Gasteiger partial charge is 0.123 e. The summed E-state index contributed by atoms with van der Waals surface area (Å²) in [6.07, 6.45) is 3.84. The number of halogens is 2. The van der Waals surface area contributed by atoms with Crippen LogP contribution in [0.5, 0.6) is 0 Å². The lowest BCUT2D eigenvalue weighted by molar-refractivity contribution is 0.625. The summed E-state index contributed by atoms with van der Waals surface area (Å²) in [5.74, 6) is 0.709. The van der Waals surface area contributed by atoms with Crippen LogP contribution >= 0.6 is 15.9 Å². The zero-order chi connectivity index (χ0) is 12.3. The largest absolute Gasteiger partial charge is 0.371 e. The van der Waals surface area contributed by atoms with E-state index in [1.807, 2.05) is 6.07 Å². The van der Waals surface area contributed by atoms with Crippen LogP contribution in [0.1, 0.15) is 31.7 Å². The maximum Gasteiger partial charge on any atom is 0.123 e. The van der Waals surface area contributed by atoms with E-state index in [-0.39, 0.29) is 5.82 Å². The fourth-order valence-corrected chi connectivity index (χ4v) is 2.61. The summed E-state index contributed by atoms with van der Waals surface area (Å²) in [6, 6.07) is 5.13. The van der Waals surface area contributed by atoms with E-state index in [0.29, 0.717) is 5.33 Å². The Morgan fingerprint density at radius 1 is 1.41 bits per heavy atom. The predicted octanol–water partition coefficient (Wildman–Crippen LogP) is 4.35. The van der Waals surface area contributed by atoms with Crippen LogP contribution in [0.4, 0.5) is 10.1 Å². The lowest BCUT2D eigenvalue weighted by atomic mass is 10.1. The fourth-order valence-electron chi connectivity index (χ4n) is 2.16. The van der Waals surface area contributed by atoms with Gasteiger partial charge in [-0.2, -0.15) is 0 Å². The molecule has 0 bridgehead atoms. The van der Waals surface area contributed by atoms with Crippen LogP contribution in [0.15, 0.2) is 18.2 Å². The molecule has 0 saturated heterocycles. The number of alkyl halides is 1. The minimum absolute atomic E-state index is 0.147. The summed E-state index contributed by atoms with van der Waals surface area (Å²) in [7, 11) is 0. The van der Waals surface area contributed by atoms with Gasteiger partial charge in [0, 0.05) is 24.1 Å². The van der Waals surface area contributed by atoms with Crippen molar-refractivity contribution >= 4 is 21.6 Å². The standard InChI is InChI=1S/C14H19BrFN/c1-2-7-17(10-11-3-4-11)14-6-5-13(16)8-12(14)9-15/h5-6,8,11H,2-4,7,9-10H2,1H3. The first-order valence-electron chi connectivity index (χ1n) is 6.34. The topological polar surface area (TPSA) is 3.24 Å². The van der Waals surface area contributed by atoms with E-state index in [9.17, 15) is 4.39 Å². The molecule has 0 aromatic heterocycles. The molecule has 1 aliphatic rings. The van der Waals surface area contributed by atoms with Crippen molar-refractivity contribution in [1.82, 2.24) is 0 Å². The highest BCUT2D eigenvalue weighted by atomic mass is 79.9. The minimum atomic E-state index is -0.147. The monoisotopic (exact) mass is 299 g/mol. The Morgan fingerprint density at radius 2 is 2.18 bits per heavy atom. The van der Waals surface area contributed by atoms with Gasteiger partial charge in [0.25, 0.3) is 0 Å². The molecule has 3 heteroatoms. The molecular weight excluding hydrogens is 281 g/mol. The van der Waals surface area contributed by atoms with Crippen LogP contribution in [0, 0.1) is 11.7 Å². The van der Waals surface area contributed by atoms with Crippen LogP contribution < -0.4 is 4.90 Å². The van der Waals surface area contributed by atoms with Gasteiger partial charge in [-0.3, -0.25) is 0 Å². The molecule has 1 saturated carbocycles. The third-order valence-electron chi connectivity index (χ3n) is 3.20. The fraction of sp³-hybridized carbons (Fsp3) is 0.571. The molecule has 2 rings (SSSR count). The molecule has 0 unspecified atom stereocenters. The van der Waals surface area contributed by atoms with Crippen molar-refractivity contribution in [2.45, 2.75) is 31.5 Å². The molecule has 1 fully saturated rings. The zero-order valence-electron chi connectivity index (χ0n) is 10.3. The Kier molecular flexibility index (Phi) is 4.43. The normalized spacial score (nSPS) is 15.0. The quantitative estimate of drug-likeness (QED) is 0.706. The molecule has 94 valence electrons. The molecule has 17 heavy (non-hydrogen) atoms. The average Bonchev–Trinajstić information content (AvgIpc) is 3.12. The van der Waals surface area contributed by atoms with Gasteiger partial charge in [0.15, 0.2) is 0 Å². The number of rotatable bonds is 6. The molecule has 0 radical (unpaired) electrons. The van der Waals surface area contributed by atoms with Gasteiger partial charge in [-0.15, -0.1) is 0 Å². The zero-order valence-corrected chi connectivity index (χ0v) is 11.8.